The highest BCUT2D eigenvalue weighted by Crippen LogP contribution is 2.36. The molecule has 0 amide bonds. The fourth-order valence-corrected chi connectivity index (χ4v) is 4.48. The van der Waals surface area contributed by atoms with E-state index in [-0.39, 0.29) is 35.0 Å². The van der Waals surface area contributed by atoms with E-state index in [1.54, 1.807) is 36.7 Å². The summed E-state index contributed by atoms with van der Waals surface area (Å²) >= 11 is 6.34. The van der Waals surface area contributed by atoms with Gasteiger partial charge in [0, 0.05) is 24.0 Å². The van der Waals surface area contributed by atoms with Crippen molar-refractivity contribution in [2.75, 3.05) is 25.5 Å². The highest BCUT2D eigenvalue weighted by Gasteiger charge is 2.25. The predicted molar refractivity (Wildman–Crippen MR) is 117 cm³/mol. The molecule has 0 radical (unpaired) electrons. The second-order valence-electron chi connectivity index (χ2n) is 6.37. The molecule has 0 aliphatic carbocycles. The van der Waals surface area contributed by atoms with Crippen LogP contribution in [0.15, 0.2) is 41.7 Å². The zero-order valence-electron chi connectivity index (χ0n) is 17.2. The fourth-order valence-electron chi connectivity index (χ4n) is 3.12. The topological polar surface area (TPSA) is 157 Å². The Kier molecular flexibility index (Phi) is 5.95. The van der Waals surface area contributed by atoms with E-state index in [4.69, 9.17) is 31.1 Å². The number of aromatic nitrogens is 5. The Morgan fingerprint density at radius 1 is 1.24 bits per heavy atom. The molecule has 12 nitrogen and oxygen atoms in total. The first kappa shape index (κ1) is 22.2. The Morgan fingerprint density at radius 3 is 2.58 bits per heavy atom. The minimum Gasteiger partial charge on any atom is -0.478 e. The molecule has 4 aromatic rings. The molecule has 0 atom stereocenters. The number of hydrogen-bond donors (Lipinski definition) is 2. The van der Waals surface area contributed by atoms with Gasteiger partial charge in [-0.15, -0.1) is 0 Å². The minimum absolute atomic E-state index is 0.0323. The molecule has 0 saturated heterocycles. The summed E-state index contributed by atoms with van der Waals surface area (Å²) in [7, 11) is -1.55. The van der Waals surface area contributed by atoms with Gasteiger partial charge in [0.25, 0.3) is 21.8 Å². The maximum Gasteiger partial charge on any atom is 0.266 e. The third kappa shape index (κ3) is 4.09. The quantitative estimate of drug-likeness (QED) is 0.379. The summed E-state index contributed by atoms with van der Waals surface area (Å²) in [5.74, 6) is -0.568. The van der Waals surface area contributed by atoms with Crippen molar-refractivity contribution in [3.05, 3.63) is 41.8 Å². The van der Waals surface area contributed by atoms with E-state index in [0.29, 0.717) is 21.6 Å². The molecule has 0 unspecified atom stereocenters. The number of benzene rings is 1. The number of ether oxygens (including phenoxy) is 3. The molecule has 0 bridgehead atoms. The Bertz CT molecular complexity index is 1440. The summed E-state index contributed by atoms with van der Waals surface area (Å²) < 4.78 is 45.7. The first-order valence-electron chi connectivity index (χ1n) is 9.21. The molecule has 0 aliphatic rings. The van der Waals surface area contributed by atoms with E-state index in [1.165, 1.54) is 25.1 Å². The first-order chi connectivity index (χ1) is 15.9. The van der Waals surface area contributed by atoms with Crippen LogP contribution in [-0.4, -0.2) is 54.0 Å². The van der Waals surface area contributed by atoms with Gasteiger partial charge in [-0.1, -0.05) is 11.6 Å². The molecule has 4 rings (SSSR count). The number of halogens is 1. The maximum atomic E-state index is 13.2. The molecule has 0 spiro atoms. The van der Waals surface area contributed by atoms with Crippen LogP contribution in [0.3, 0.4) is 0 Å². The van der Waals surface area contributed by atoms with Gasteiger partial charge in [-0.05, 0) is 18.2 Å². The van der Waals surface area contributed by atoms with Crippen molar-refractivity contribution >= 4 is 38.5 Å². The van der Waals surface area contributed by atoms with E-state index in [2.05, 4.69) is 24.8 Å². The van der Waals surface area contributed by atoms with Gasteiger partial charge in [0.05, 0.1) is 24.8 Å². The zero-order valence-corrected chi connectivity index (χ0v) is 18.8. The smallest absolute Gasteiger partial charge is 0.266 e. The molecule has 1 aromatic carbocycles. The molecule has 170 valence electrons. The molecule has 33 heavy (non-hydrogen) atoms. The maximum absolute atomic E-state index is 13.2. The van der Waals surface area contributed by atoms with Crippen molar-refractivity contribution in [1.29, 1.82) is 5.26 Å². The Hall–Kier alpha value is -4.02. The number of nitriles is 1. The number of methoxy groups -OCH3 is 2. The van der Waals surface area contributed by atoms with Crippen LogP contribution in [0, 0.1) is 11.3 Å². The number of rotatable bonds is 8. The summed E-state index contributed by atoms with van der Waals surface area (Å²) in [5.41, 5.74) is 0.974. The van der Waals surface area contributed by atoms with Gasteiger partial charge in [-0.2, -0.15) is 20.3 Å². The summed E-state index contributed by atoms with van der Waals surface area (Å²) in [6.07, 6.45) is 4.60. The predicted octanol–water partition coefficient (Wildman–Crippen LogP) is 2.52. The molecule has 0 fully saturated rings. The van der Waals surface area contributed by atoms with Gasteiger partial charge >= 0.3 is 0 Å². The van der Waals surface area contributed by atoms with Crippen LogP contribution in [0.4, 0.5) is 5.95 Å². The normalized spacial score (nSPS) is 11.2. The van der Waals surface area contributed by atoms with E-state index in [1.807, 2.05) is 0 Å². The van der Waals surface area contributed by atoms with Crippen molar-refractivity contribution in [3.8, 4) is 29.3 Å². The van der Waals surface area contributed by atoms with Crippen LogP contribution in [0.5, 0.6) is 17.5 Å². The monoisotopic (exact) mass is 489 g/mol. The number of nitrogens with one attached hydrogen (secondary N) is 2. The number of H-pyrrole nitrogens is 1. The Labute approximate surface area is 192 Å². The average molecular weight is 490 g/mol. The van der Waals surface area contributed by atoms with E-state index < -0.39 is 10.0 Å². The number of hydrogen-bond acceptors (Lipinski definition) is 9. The van der Waals surface area contributed by atoms with E-state index in [9.17, 15) is 8.42 Å². The minimum atomic E-state index is -4.16. The van der Waals surface area contributed by atoms with Crippen molar-refractivity contribution in [2.45, 2.75) is 4.90 Å². The van der Waals surface area contributed by atoms with Crippen LogP contribution in [0.2, 0.25) is 5.02 Å². The van der Waals surface area contributed by atoms with Crippen LogP contribution in [0.25, 0.3) is 16.6 Å². The molecule has 0 saturated carbocycles. The highest BCUT2D eigenvalue weighted by molar-refractivity contribution is 7.93. The van der Waals surface area contributed by atoms with Gasteiger partial charge in [0.2, 0.25) is 11.7 Å². The molecule has 14 heteroatoms. The fraction of sp³-hybridized carbons (Fsp3) is 0.158. The van der Waals surface area contributed by atoms with Gasteiger partial charge < -0.3 is 19.2 Å². The van der Waals surface area contributed by atoms with E-state index in [0.717, 1.165) is 0 Å². The van der Waals surface area contributed by atoms with Crippen molar-refractivity contribution in [2.24, 2.45) is 0 Å². The molecule has 2 N–H and O–H groups in total. The lowest BCUT2D eigenvalue weighted by Gasteiger charge is -2.13. The third-order valence-corrected chi connectivity index (χ3v) is 6.13. The largest absolute Gasteiger partial charge is 0.478 e. The number of fused-ring (bicyclic) bond motifs is 1. The highest BCUT2D eigenvalue weighted by atomic mass is 35.5. The van der Waals surface area contributed by atoms with Gasteiger partial charge in [-0.25, -0.2) is 17.8 Å². The standard InChI is InChI=1S/C19H16ClN7O5S/c1-30-17-16(32-9-6-21)18(31-2)25-19(24-17)26-33(28,29)13-10-22-14-11(13)4-5-12(20)15(14)27-8-3-7-23-27/h3-5,7-8,10,22H,9H2,1-2H3,(H,24,25,26). The zero-order chi connectivity index (χ0) is 23.6. The lowest BCUT2D eigenvalue weighted by atomic mass is 10.2. The van der Waals surface area contributed by atoms with Crippen LogP contribution in [-0.2, 0) is 10.0 Å². The molecule has 0 aliphatic heterocycles. The number of sulfonamides is 1. The van der Waals surface area contributed by atoms with Gasteiger partial charge in [-0.3, -0.25) is 0 Å². The summed E-state index contributed by atoms with van der Waals surface area (Å²) in [4.78, 5) is 10.9. The summed E-state index contributed by atoms with van der Waals surface area (Å²) in [6, 6.07) is 6.69. The van der Waals surface area contributed by atoms with Gasteiger partial charge in [0.15, 0.2) is 6.61 Å². The number of nitrogens with zero attached hydrogens (tertiary/aromatic N) is 5. The first-order valence-corrected chi connectivity index (χ1v) is 11.1. The lowest BCUT2D eigenvalue weighted by molar-refractivity contribution is 0.290. The number of aromatic amines is 1. The van der Waals surface area contributed by atoms with Crippen LogP contribution >= 0.6 is 11.6 Å². The van der Waals surface area contributed by atoms with Gasteiger partial charge in [0.1, 0.15) is 16.7 Å². The molecule has 3 aromatic heterocycles. The third-order valence-electron chi connectivity index (χ3n) is 4.46. The second-order valence-corrected chi connectivity index (χ2v) is 8.43. The van der Waals surface area contributed by atoms with Crippen molar-refractivity contribution in [3.63, 3.8) is 0 Å². The molecular weight excluding hydrogens is 474 g/mol. The number of anilines is 1. The Balaban J connectivity index is 1.76. The van der Waals surface area contributed by atoms with Crippen molar-refractivity contribution < 1.29 is 22.6 Å². The second kappa shape index (κ2) is 8.85. The summed E-state index contributed by atoms with van der Waals surface area (Å²) in [6.45, 7) is -0.308. The van der Waals surface area contributed by atoms with Crippen molar-refractivity contribution in [1.82, 2.24) is 24.7 Å². The van der Waals surface area contributed by atoms with Crippen LogP contribution in [0.1, 0.15) is 0 Å². The molecule has 3 heterocycles. The Morgan fingerprint density at radius 2 is 1.97 bits per heavy atom. The average Bonchev–Trinajstić information content (AvgIpc) is 3.47. The lowest BCUT2D eigenvalue weighted by Crippen LogP contribution is -2.16. The van der Waals surface area contributed by atoms with E-state index >= 15 is 0 Å². The molecular formula is C19H16ClN7O5S. The summed E-state index contributed by atoms with van der Waals surface area (Å²) in [5, 5.41) is 13.7. The SMILES string of the molecule is COc1nc(NS(=O)(=O)c2c[nH]c3c(-n4cccn4)c(Cl)ccc23)nc(OC)c1OCC#N. The van der Waals surface area contributed by atoms with Crippen LogP contribution < -0.4 is 18.9 Å².